The SMILES string of the molecule is CC(=O)NOc1ccccc1[N+](=O)[O-]. The number of nitro benzene ring substituents is 1. The number of hydroxylamine groups is 1. The maximum absolute atomic E-state index is 10.5. The molecule has 14 heavy (non-hydrogen) atoms. The van der Waals surface area contributed by atoms with Gasteiger partial charge in [0.1, 0.15) is 0 Å². The molecule has 0 saturated carbocycles. The van der Waals surface area contributed by atoms with Crippen LogP contribution in [0.2, 0.25) is 0 Å². The van der Waals surface area contributed by atoms with Crippen LogP contribution in [-0.4, -0.2) is 10.8 Å². The van der Waals surface area contributed by atoms with E-state index in [-0.39, 0.29) is 11.4 Å². The van der Waals surface area contributed by atoms with E-state index in [4.69, 9.17) is 4.84 Å². The molecular weight excluding hydrogens is 188 g/mol. The van der Waals surface area contributed by atoms with Crippen LogP contribution in [0.25, 0.3) is 0 Å². The Bertz CT molecular complexity index is 364. The van der Waals surface area contributed by atoms with Crippen molar-refractivity contribution in [1.29, 1.82) is 0 Å². The average Bonchev–Trinajstić information content (AvgIpc) is 2.15. The van der Waals surface area contributed by atoms with E-state index in [9.17, 15) is 14.9 Å². The van der Waals surface area contributed by atoms with Crippen LogP contribution < -0.4 is 10.3 Å². The predicted octanol–water partition coefficient (Wildman–Crippen LogP) is 1.02. The third kappa shape index (κ3) is 2.44. The van der Waals surface area contributed by atoms with Crippen LogP contribution in [0.3, 0.4) is 0 Å². The number of hydrogen-bond acceptors (Lipinski definition) is 4. The molecule has 1 aromatic rings. The first-order chi connectivity index (χ1) is 6.61. The molecule has 0 aliphatic carbocycles. The number of nitrogens with zero attached hydrogens (tertiary/aromatic N) is 1. The van der Waals surface area contributed by atoms with Crippen molar-refractivity contribution in [3.8, 4) is 5.75 Å². The molecule has 0 bridgehead atoms. The Kier molecular flexibility index (Phi) is 3.01. The van der Waals surface area contributed by atoms with Crippen molar-refractivity contribution >= 4 is 11.6 Å². The topological polar surface area (TPSA) is 81.5 Å². The first-order valence-corrected chi connectivity index (χ1v) is 3.78. The van der Waals surface area contributed by atoms with Crippen LogP contribution in [0.5, 0.6) is 5.75 Å². The molecule has 0 spiro atoms. The molecule has 1 N–H and O–H groups in total. The molecule has 0 radical (unpaired) electrons. The highest BCUT2D eigenvalue weighted by Crippen LogP contribution is 2.24. The Morgan fingerprint density at radius 1 is 1.50 bits per heavy atom. The number of carbonyl (C=O) groups excluding carboxylic acids is 1. The highest BCUT2D eigenvalue weighted by atomic mass is 16.7. The summed E-state index contributed by atoms with van der Waals surface area (Å²) < 4.78 is 0. The van der Waals surface area contributed by atoms with Gasteiger partial charge in [-0.25, -0.2) is 0 Å². The van der Waals surface area contributed by atoms with Crippen LogP contribution in [0.15, 0.2) is 24.3 Å². The number of nitro groups is 1. The number of nitrogens with one attached hydrogen (secondary N) is 1. The monoisotopic (exact) mass is 196 g/mol. The second-order valence-corrected chi connectivity index (χ2v) is 2.49. The summed E-state index contributed by atoms with van der Waals surface area (Å²) in [5.41, 5.74) is 1.82. The van der Waals surface area contributed by atoms with Gasteiger partial charge in [-0.15, -0.1) is 0 Å². The van der Waals surface area contributed by atoms with Gasteiger partial charge in [0, 0.05) is 13.0 Å². The number of carbonyl (C=O) groups is 1. The van der Waals surface area contributed by atoms with Crippen molar-refractivity contribution in [3.05, 3.63) is 34.4 Å². The fourth-order valence-electron chi connectivity index (χ4n) is 0.821. The summed E-state index contributed by atoms with van der Waals surface area (Å²) in [7, 11) is 0. The molecule has 0 heterocycles. The van der Waals surface area contributed by atoms with Crippen molar-refractivity contribution in [2.45, 2.75) is 6.92 Å². The van der Waals surface area contributed by atoms with E-state index < -0.39 is 10.8 Å². The quantitative estimate of drug-likeness (QED) is 0.578. The van der Waals surface area contributed by atoms with Gasteiger partial charge in [-0.1, -0.05) is 12.1 Å². The van der Waals surface area contributed by atoms with Crippen LogP contribution in [0.4, 0.5) is 5.69 Å². The van der Waals surface area contributed by atoms with E-state index >= 15 is 0 Å². The second-order valence-electron chi connectivity index (χ2n) is 2.49. The summed E-state index contributed by atoms with van der Waals surface area (Å²) in [4.78, 5) is 25.1. The van der Waals surface area contributed by atoms with Gasteiger partial charge in [0.25, 0.3) is 0 Å². The first-order valence-electron chi connectivity index (χ1n) is 3.78. The number of hydrogen-bond donors (Lipinski definition) is 1. The molecular formula is C8H8N2O4. The van der Waals surface area contributed by atoms with Crippen molar-refractivity contribution in [2.24, 2.45) is 0 Å². The summed E-state index contributed by atoms with van der Waals surface area (Å²) in [5, 5.41) is 10.5. The maximum Gasteiger partial charge on any atom is 0.314 e. The molecule has 74 valence electrons. The molecule has 0 unspecified atom stereocenters. The summed E-state index contributed by atoms with van der Waals surface area (Å²) >= 11 is 0. The van der Waals surface area contributed by atoms with E-state index in [0.29, 0.717) is 0 Å². The van der Waals surface area contributed by atoms with Crippen LogP contribution in [0, 0.1) is 10.1 Å². The van der Waals surface area contributed by atoms with E-state index in [1.807, 2.05) is 5.48 Å². The predicted molar refractivity (Wildman–Crippen MR) is 47.5 cm³/mol. The lowest BCUT2D eigenvalue weighted by atomic mass is 10.3. The van der Waals surface area contributed by atoms with Gasteiger partial charge in [-0.3, -0.25) is 14.9 Å². The maximum atomic E-state index is 10.5. The molecule has 0 atom stereocenters. The average molecular weight is 196 g/mol. The van der Waals surface area contributed by atoms with Gasteiger partial charge in [0.05, 0.1) is 4.92 Å². The smallest absolute Gasteiger partial charge is 0.314 e. The van der Waals surface area contributed by atoms with Gasteiger partial charge in [-0.05, 0) is 6.07 Å². The minimum Gasteiger partial charge on any atom is -0.372 e. The molecule has 1 rings (SSSR count). The van der Waals surface area contributed by atoms with Crippen LogP contribution >= 0.6 is 0 Å². The van der Waals surface area contributed by atoms with E-state index in [1.165, 1.54) is 25.1 Å². The summed E-state index contributed by atoms with van der Waals surface area (Å²) in [5.74, 6) is -0.421. The van der Waals surface area contributed by atoms with Crippen molar-refractivity contribution in [3.63, 3.8) is 0 Å². The molecule has 0 saturated heterocycles. The molecule has 0 fully saturated rings. The zero-order chi connectivity index (χ0) is 10.6. The number of benzene rings is 1. The van der Waals surface area contributed by atoms with E-state index in [0.717, 1.165) is 0 Å². The molecule has 1 aromatic carbocycles. The van der Waals surface area contributed by atoms with Gasteiger partial charge in [-0.2, -0.15) is 5.48 Å². The lowest BCUT2D eigenvalue weighted by molar-refractivity contribution is -0.386. The second kappa shape index (κ2) is 4.22. The Morgan fingerprint density at radius 3 is 2.71 bits per heavy atom. The Hall–Kier alpha value is -2.11. The molecule has 0 aliphatic rings. The molecule has 6 heteroatoms. The summed E-state index contributed by atoms with van der Waals surface area (Å²) in [6.07, 6.45) is 0. The standard InChI is InChI=1S/C8H8N2O4/c1-6(11)9-14-8-5-3-2-4-7(8)10(12)13/h2-5H,1H3,(H,9,11). The summed E-state index contributed by atoms with van der Waals surface area (Å²) in [6.45, 7) is 1.24. The van der Waals surface area contributed by atoms with Gasteiger partial charge in [0.2, 0.25) is 11.7 Å². The van der Waals surface area contributed by atoms with Crippen LogP contribution in [0.1, 0.15) is 6.92 Å². The van der Waals surface area contributed by atoms with Crippen molar-refractivity contribution in [2.75, 3.05) is 0 Å². The zero-order valence-corrected chi connectivity index (χ0v) is 7.39. The first kappa shape index (κ1) is 9.97. The fraction of sp³-hybridized carbons (Fsp3) is 0.125. The Morgan fingerprint density at radius 2 is 2.14 bits per heavy atom. The fourth-order valence-corrected chi connectivity index (χ4v) is 0.821. The largest absolute Gasteiger partial charge is 0.372 e. The van der Waals surface area contributed by atoms with Gasteiger partial charge in [0.15, 0.2) is 0 Å². The lowest BCUT2D eigenvalue weighted by Crippen LogP contribution is -2.24. The lowest BCUT2D eigenvalue weighted by Gasteiger charge is -2.04. The van der Waals surface area contributed by atoms with E-state index in [1.54, 1.807) is 6.07 Å². The van der Waals surface area contributed by atoms with Crippen molar-refractivity contribution in [1.82, 2.24) is 5.48 Å². The van der Waals surface area contributed by atoms with Crippen LogP contribution in [-0.2, 0) is 4.79 Å². The molecule has 6 nitrogen and oxygen atoms in total. The minimum absolute atomic E-state index is 0.00713. The van der Waals surface area contributed by atoms with Gasteiger partial charge < -0.3 is 4.84 Å². The number of amides is 1. The highest BCUT2D eigenvalue weighted by Gasteiger charge is 2.13. The number of para-hydroxylation sites is 2. The van der Waals surface area contributed by atoms with Gasteiger partial charge >= 0.3 is 5.69 Å². The van der Waals surface area contributed by atoms with Crippen molar-refractivity contribution < 1.29 is 14.6 Å². The minimum atomic E-state index is -0.586. The number of rotatable bonds is 3. The third-order valence-corrected chi connectivity index (χ3v) is 1.37. The Labute approximate surface area is 79.6 Å². The summed E-state index contributed by atoms with van der Waals surface area (Å²) in [6, 6.07) is 5.77. The highest BCUT2D eigenvalue weighted by molar-refractivity contribution is 5.72. The molecule has 1 amide bonds. The third-order valence-electron chi connectivity index (χ3n) is 1.37. The molecule has 0 aromatic heterocycles. The Balaban J connectivity index is 2.84. The zero-order valence-electron chi connectivity index (χ0n) is 7.39. The molecule has 0 aliphatic heterocycles. The normalized spacial score (nSPS) is 9.21. The van der Waals surface area contributed by atoms with E-state index in [2.05, 4.69) is 0 Å².